The van der Waals surface area contributed by atoms with E-state index in [9.17, 15) is 4.79 Å². The van der Waals surface area contributed by atoms with Crippen LogP contribution in [0.15, 0.2) is 71.6 Å². The maximum atomic E-state index is 13.0. The largest absolute Gasteiger partial charge is 0.497 e. The highest BCUT2D eigenvalue weighted by atomic mass is 32.2. The van der Waals surface area contributed by atoms with E-state index in [1.54, 1.807) is 26.4 Å². The van der Waals surface area contributed by atoms with Crippen molar-refractivity contribution in [3.05, 3.63) is 88.3 Å². The summed E-state index contributed by atoms with van der Waals surface area (Å²) in [6.45, 7) is 2.49. The molecule has 0 spiro atoms. The van der Waals surface area contributed by atoms with Crippen molar-refractivity contribution in [3.63, 3.8) is 0 Å². The van der Waals surface area contributed by atoms with Gasteiger partial charge in [-0.15, -0.1) is 0 Å². The summed E-state index contributed by atoms with van der Waals surface area (Å²) in [5.41, 5.74) is 3.80. The van der Waals surface area contributed by atoms with Gasteiger partial charge in [0.2, 0.25) is 0 Å². The van der Waals surface area contributed by atoms with E-state index in [4.69, 9.17) is 26.4 Å². The van der Waals surface area contributed by atoms with Crippen LogP contribution < -0.4 is 19.1 Å². The van der Waals surface area contributed by atoms with Crippen LogP contribution in [0.4, 0.5) is 5.69 Å². The van der Waals surface area contributed by atoms with Gasteiger partial charge in [0.05, 0.1) is 24.8 Å². The van der Waals surface area contributed by atoms with E-state index < -0.39 is 0 Å². The molecule has 0 unspecified atom stereocenters. The van der Waals surface area contributed by atoms with Crippen LogP contribution in [0.5, 0.6) is 17.2 Å². The zero-order chi connectivity index (χ0) is 23.4. The summed E-state index contributed by atoms with van der Waals surface area (Å²) in [4.78, 5) is 15.1. The van der Waals surface area contributed by atoms with E-state index in [0.29, 0.717) is 33.0 Å². The monoisotopic (exact) mass is 477 g/mol. The first-order chi connectivity index (χ1) is 16.0. The van der Waals surface area contributed by atoms with Gasteiger partial charge in [0.15, 0.2) is 15.8 Å². The third-order valence-electron chi connectivity index (χ3n) is 5.09. The topological polar surface area (TPSA) is 48.0 Å². The Morgan fingerprint density at radius 3 is 2.45 bits per heavy atom. The molecule has 1 aliphatic rings. The number of carbonyl (C=O) groups is 1. The Balaban J connectivity index is 1.52. The molecule has 33 heavy (non-hydrogen) atoms. The number of ether oxygens (including phenoxy) is 3. The summed E-state index contributed by atoms with van der Waals surface area (Å²) in [6, 6.07) is 21.0. The minimum absolute atomic E-state index is 0.158. The van der Waals surface area contributed by atoms with E-state index in [1.807, 2.05) is 48.5 Å². The minimum atomic E-state index is -0.158. The summed E-state index contributed by atoms with van der Waals surface area (Å²) in [7, 11) is 3.20. The number of nitrogens with zero attached hydrogens (tertiary/aromatic N) is 1. The fourth-order valence-corrected chi connectivity index (χ4v) is 4.73. The van der Waals surface area contributed by atoms with Crippen LogP contribution in [-0.2, 0) is 11.4 Å². The normalized spacial score (nSPS) is 14.6. The molecule has 0 bridgehead atoms. The van der Waals surface area contributed by atoms with Gasteiger partial charge in [-0.1, -0.05) is 59.9 Å². The van der Waals surface area contributed by atoms with Crippen LogP contribution in [-0.4, -0.2) is 24.4 Å². The second kappa shape index (κ2) is 10.1. The number of hydrogen-bond donors (Lipinski definition) is 0. The molecule has 0 N–H and O–H groups in total. The molecule has 0 radical (unpaired) electrons. The lowest BCUT2D eigenvalue weighted by Gasteiger charge is -2.14. The maximum Gasteiger partial charge on any atom is 0.270 e. The van der Waals surface area contributed by atoms with Crippen LogP contribution in [0.25, 0.3) is 6.08 Å². The highest BCUT2D eigenvalue weighted by Crippen LogP contribution is 2.37. The van der Waals surface area contributed by atoms with E-state index in [1.165, 1.54) is 22.2 Å². The number of carbonyl (C=O) groups excluding carboxylic acids is 1. The molecule has 0 aromatic heterocycles. The number of thioether (sulfide) groups is 1. The van der Waals surface area contributed by atoms with Gasteiger partial charge >= 0.3 is 0 Å². The Hall–Kier alpha value is -3.29. The van der Waals surface area contributed by atoms with Gasteiger partial charge in [-0.25, -0.2) is 0 Å². The number of hydrogen-bond acceptors (Lipinski definition) is 6. The summed E-state index contributed by atoms with van der Waals surface area (Å²) in [6.07, 6.45) is 1.82. The summed E-state index contributed by atoms with van der Waals surface area (Å²) >= 11 is 6.74. The summed E-state index contributed by atoms with van der Waals surface area (Å²) in [5.74, 6) is 1.80. The average Bonchev–Trinajstić information content (AvgIpc) is 3.10. The molecule has 5 nitrogen and oxygen atoms in total. The van der Waals surface area contributed by atoms with Crippen molar-refractivity contribution >= 4 is 46.0 Å². The zero-order valence-corrected chi connectivity index (χ0v) is 20.2. The molecule has 1 aliphatic heterocycles. The molecule has 0 saturated carbocycles. The molecular weight excluding hydrogens is 454 g/mol. The highest BCUT2D eigenvalue weighted by molar-refractivity contribution is 8.27. The molecule has 4 rings (SSSR count). The lowest BCUT2D eigenvalue weighted by Crippen LogP contribution is -2.27. The number of rotatable bonds is 7. The molecule has 0 atom stereocenters. The number of thiocarbonyl (C=S) groups is 1. The third kappa shape index (κ3) is 5.21. The molecule has 0 aliphatic carbocycles. The van der Waals surface area contributed by atoms with Crippen LogP contribution in [0.2, 0.25) is 0 Å². The van der Waals surface area contributed by atoms with E-state index >= 15 is 0 Å². The molecular formula is C26H23NO4S2. The van der Waals surface area contributed by atoms with E-state index in [-0.39, 0.29) is 5.91 Å². The molecule has 1 amide bonds. The first-order valence-electron chi connectivity index (χ1n) is 10.3. The Labute approximate surface area is 203 Å². The lowest BCUT2D eigenvalue weighted by molar-refractivity contribution is -0.113. The average molecular weight is 478 g/mol. The molecule has 3 aromatic carbocycles. The highest BCUT2D eigenvalue weighted by Gasteiger charge is 2.33. The summed E-state index contributed by atoms with van der Waals surface area (Å²) in [5, 5.41) is 0. The van der Waals surface area contributed by atoms with Gasteiger partial charge in [0, 0.05) is 0 Å². The molecule has 1 fully saturated rings. The van der Waals surface area contributed by atoms with Crippen molar-refractivity contribution < 1.29 is 19.0 Å². The Morgan fingerprint density at radius 2 is 1.76 bits per heavy atom. The smallest absolute Gasteiger partial charge is 0.270 e. The van der Waals surface area contributed by atoms with Crippen molar-refractivity contribution in [3.8, 4) is 17.2 Å². The fourth-order valence-electron chi connectivity index (χ4n) is 3.43. The first kappa shape index (κ1) is 22.9. The van der Waals surface area contributed by atoms with Gasteiger partial charge in [-0.3, -0.25) is 9.69 Å². The SMILES string of the molecule is COc1ccc(N2C(=O)/C(=C\c3ccc(OCc4cccc(C)c4)c(OC)c3)SC2=S)cc1. The second-order valence-corrected chi connectivity index (χ2v) is 9.08. The van der Waals surface area contributed by atoms with Gasteiger partial charge in [-0.05, 0) is 60.5 Å². The number of amides is 1. The maximum absolute atomic E-state index is 13.0. The van der Waals surface area contributed by atoms with Crippen molar-refractivity contribution in [2.45, 2.75) is 13.5 Å². The van der Waals surface area contributed by atoms with Crippen molar-refractivity contribution in [1.29, 1.82) is 0 Å². The van der Waals surface area contributed by atoms with Gasteiger partial charge in [0.25, 0.3) is 5.91 Å². The Kier molecular flexibility index (Phi) is 7.01. The lowest BCUT2D eigenvalue weighted by atomic mass is 10.1. The van der Waals surface area contributed by atoms with Crippen molar-refractivity contribution in [1.82, 2.24) is 0 Å². The zero-order valence-electron chi connectivity index (χ0n) is 18.5. The number of methoxy groups -OCH3 is 2. The quantitative estimate of drug-likeness (QED) is 0.307. The predicted octanol–water partition coefficient (Wildman–Crippen LogP) is 6.00. The Bertz CT molecular complexity index is 1220. The number of aryl methyl sites for hydroxylation is 1. The van der Waals surface area contributed by atoms with Gasteiger partial charge in [-0.2, -0.15) is 0 Å². The molecule has 1 saturated heterocycles. The van der Waals surface area contributed by atoms with E-state index in [0.717, 1.165) is 16.9 Å². The fraction of sp³-hybridized carbons (Fsp3) is 0.154. The molecule has 7 heteroatoms. The Morgan fingerprint density at radius 1 is 0.970 bits per heavy atom. The molecule has 1 heterocycles. The van der Waals surface area contributed by atoms with Crippen molar-refractivity contribution in [2.24, 2.45) is 0 Å². The van der Waals surface area contributed by atoms with Crippen LogP contribution >= 0.6 is 24.0 Å². The predicted molar refractivity (Wildman–Crippen MR) is 137 cm³/mol. The van der Waals surface area contributed by atoms with Crippen molar-refractivity contribution in [2.75, 3.05) is 19.1 Å². The number of benzene rings is 3. The number of anilines is 1. The van der Waals surface area contributed by atoms with Crippen LogP contribution in [0.3, 0.4) is 0 Å². The molecule has 168 valence electrons. The van der Waals surface area contributed by atoms with Crippen LogP contribution in [0.1, 0.15) is 16.7 Å². The third-order valence-corrected chi connectivity index (χ3v) is 6.39. The van der Waals surface area contributed by atoms with Gasteiger partial charge < -0.3 is 14.2 Å². The molecule has 3 aromatic rings. The summed E-state index contributed by atoms with van der Waals surface area (Å²) < 4.78 is 17.2. The van der Waals surface area contributed by atoms with Gasteiger partial charge in [0.1, 0.15) is 12.4 Å². The first-order valence-corrected chi connectivity index (χ1v) is 11.5. The standard InChI is InChI=1S/C26H23NO4S2/c1-17-5-4-6-19(13-17)16-31-22-12-7-18(14-23(22)30-3)15-24-25(28)27(26(32)33-24)20-8-10-21(29-2)11-9-20/h4-15H,16H2,1-3H3/b24-15+. The second-order valence-electron chi connectivity index (χ2n) is 7.40. The van der Waals surface area contributed by atoms with Crippen LogP contribution in [0, 0.1) is 6.92 Å². The van der Waals surface area contributed by atoms with E-state index in [2.05, 4.69) is 19.1 Å². The minimum Gasteiger partial charge on any atom is -0.497 e.